The molecule has 0 aliphatic heterocycles. The summed E-state index contributed by atoms with van der Waals surface area (Å²) >= 11 is 0. The lowest BCUT2D eigenvalue weighted by atomic mass is 9.96. The Hall–Kier alpha value is -1.75. The maximum atomic E-state index is 11.7. The minimum absolute atomic E-state index is 0.153. The minimum Gasteiger partial charge on any atom is -0.481 e. The molecule has 37 heavy (non-hydrogen) atoms. The summed E-state index contributed by atoms with van der Waals surface area (Å²) in [5, 5.41) is 51.4. The van der Waals surface area contributed by atoms with Crippen molar-refractivity contribution in [3.05, 3.63) is 0 Å². The predicted octanol–water partition coefficient (Wildman–Crippen LogP) is 3.80. The summed E-state index contributed by atoms with van der Waals surface area (Å²) in [5.74, 6) is -4.13. The molecule has 0 amide bonds. The van der Waals surface area contributed by atoms with E-state index in [1.807, 2.05) is 0 Å². The topological polar surface area (TPSA) is 182 Å². The molecule has 0 aliphatic rings. The highest BCUT2D eigenvalue weighted by Gasteiger charge is 2.41. The molecule has 0 bridgehead atoms. The van der Waals surface area contributed by atoms with Crippen LogP contribution in [-0.2, 0) is 19.1 Å². The summed E-state index contributed by atoms with van der Waals surface area (Å²) in [7, 11) is 0. The van der Waals surface area contributed by atoms with Gasteiger partial charge in [0.15, 0.2) is 5.60 Å². The lowest BCUT2D eigenvalue weighted by molar-refractivity contribution is -0.172. The van der Waals surface area contributed by atoms with Crippen LogP contribution in [0, 0.1) is 0 Å². The van der Waals surface area contributed by atoms with Crippen molar-refractivity contribution in [2.24, 2.45) is 0 Å². The number of carbonyl (C=O) groups excluding carboxylic acids is 1. The summed E-state index contributed by atoms with van der Waals surface area (Å²) in [6.07, 6.45) is 17.0. The summed E-state index contributed by atoms with van der Waals surface area (Å²) in [5.41, 5.74) is -2.63. The van der Waals surface area contributed by atoms with Crippen molar-refractivity contribution in [2.75, 3.05) is 19.8 Å². The van der Waals surface area contributed by atoms with Crippen LogP contribution in [0.25, 0.3) is 0 Å². The largest absolute Gasteiger partial charge is 0.481 e. The highest BCUT2D eigenvalue weighted by Crippen LogP contribution is 2.17. The highest BCUT2D eigenvalue weighted by molar-refractivity contribution is 5.88. The number of rotatable bonds is 24. The normalized spacial score (nSPS) is 12.5. The lowest BCUT2D eigenvalue weighted by Crippen LogP contribution is -2.43. The van der Waals surface area contributed by atoms with Crippen LogP contribution in [0.1, 0.15) is 122 Å². The second-order valence-electron chi connectivity index (χ2n) is 9.63. The summed E-state index contributed by atoms with van der Waals surface area (Å²) in [6.45, 7) is 1.67. The van der Waals surface area contributed by atoms with Gasteiger partial charge in [-0.2, -0.15) is 0 Å². The van der Waals surface area contributed by atoms with Crippen molar-refractivity contribution in [3.8, 4) is 0 Å². The van der Waals surface area contributed by atoms with Crippen LogP contribution in [-0.4, -0.2) is 80.1 Å². The molecule has 10 nitrogen and oxygen atoms in total. The molecule has 0 aliphatic carbocycles. The number of hydrogen-bond donors (Lipinski definition) is 6. The van der Waals surface area contributed by atoms with Crippen LogP contribution in [0.15, 0.2) is 0 Å². The molecule has 0 saturated carbocycles. The maximum absolute atomic E-state index is 11.7. The van der Waals surface area contributed by atoms with Gasteiger partial charge in [0, 0.05) is 0 Å². The first-order chi connectivity index (χ1) is 17.6. The molecule has 0 radical (unpaired) electrons. The Morgan fingerprint density at radius 3 is 1.35 bits per heavy atom. The second kappa shape index (κ2) is 25.9. The maximum Gasteiger partial charge on any atom is 0.336 e. The van der Waals surface area contributed by atoms with E-state index in [1.165, 1.54) is 77.0 Å². The Kier molecular flexibility index (Phi) is 26.2. The van der Waals surface area contributed by atoms with Crippen LogP contribution in [0.5, 0.6) is 0 Å². The van der Waals surface area contributed by atoms with Gasteiger partial charge in [-0.25, -0.2) is 4.79 Å². The van der Waals surface area contributed by atoms with Crippen LogP contribution in [0.2, 0.25) is 0 Å². The molecule has 0 aromatic heterocycles. The number of unbranched alkanes of at least 4 members (excludes halogenated alkanes) is 15. The molecule has 0 spiro atoms. The second-order valence-corrected chi connectivity index (χ2v) is 9.63. The third-order valence-corrected chi connectivity index (χ3v) is 5.96. The first-order valence-electron chi connectivity index (χ1n) is 13.9. The zero-order valence-electron chi connectivity index (χ0n) is 22.7. The molecular weight excluding hydrogens is 484 g/mol. The number of aliphatic carboxylic acids is 2. The third kappa shape index (κ3) is 25.7. The first-order valence-corrected chi connectivity index (χ1v) is 13.9. The number of aliphatic hydroxyl groups excluding tert-OH is 3. The summed E-state index contributed by atoms with van der Waals surface area (Å²) < 4.78 is 4.93. The molecule has 6 N–H and O–H groups in total. The standard InChI is InChI=1S/C24H44O7.C3H8O3/c1-2-3-4-5-6-7-8-9-10-11-12-13-14-15-16-17-18-31-22(27)20-24(30,23(28)29)19-21(25)26;4-1-3(6)2-5/h30H,2-20H2,1H3,(H,25,26)(H,28,29);3-6H,1-2H2. The number of aliphatic hydroxyl groups is 4. The highest BCUT2D eigenvalue weighted by atomic mass is 16.5. The fourth-order valence-corrected chi connectivity index (χ4v) is 3.65. The van der Waals surface area contributed by atoms with E-state index < -0.39 is 42.5 Å². The average molecular weight is 537 g/mol. The van der Waals surface area contributed by atoms with Crippen LogP contribution in [0.4, 0.5) is 0 Å². The van der Waals surface area contributed by atoms with Gasteiger partial charge in [-0.05, 0) is 6.42 Å². The van der Waals surface area contributed by atoms with Gasteiger partial charge in [-0.15, -0.1) is 0 Å². The number of ether oxygens (including phenoxy) is 1. The van der Waals surface area contributed by atoms with Gasteiger partial charge in [-0.3, -0.25) is 9.59 Å². The third-order valence-electron chi connectivity index (χ3n) is 5.96. The molecule has 0 aromatic rings. The zero-order valence-corrected chi connectivity index (χ0v) is 22.7. The summed E-state index contributed by atoms with van der Waals surface area (Å²) in [6, 6.07) is 0. The molecule has 0 fully saturated rings. The van der Waals surface area contributed by atoms with E-state index >= 15 is 0 Å². The number of hydrogen-bond acceptors (Lipinski definition) is 8. The smallest absolute Gasteiger partial charge is 0.336 e. The van der Waals surface area contributed by atoms with Crippen molar-refractivity contribution in [3.63, 3.8) is 0 Å². The van der Waals surface area contributed by atoms with Crippen molar-refractivity contribution in [1.82, 2.24) is 0 Å². The average Bonchev–Trinajstić information content (AvgIpc) is 2.85. The van der Waals surface area contributed by atoms with Gasteiger partial charge in [0.25, 0.3) is 0 Å². The van der Waals surface area contributed by atoms with Crippen molar-refractivity contribution < 1.29 is 49.8 Å². The van der Waals surface area contributed by atoms with E-state index in [9.17, 15) is 19.5 Å². The van der Waals surface area contributed by atoms with Crippen LogP contribution in [0.3, 0.4) is 0 Å². The van der Waals surface area contributed by atoms with Crippen LogP contribution < -0.4 is 0 Å². The SMILES string of the molecule is CCCCCCCCCCCCCCCCCCOC(=O)CC(O)(CC(=O)O)C(=O)O.OCC(O)CO. The number of esters is 1. The van der Waals surface area contributed by atoms with Gasteiger partial charge in [0.2, 0.25) is 0 Å². The molecule has 0 saturated heterocycles. The Morgan fingerprint density at radius 1 is 0.676 bits per heavy atom. The summed E-state index contributed by atoms with van der Waals surface area (Å²) in [4.78, 5) is 33.3. The predicted molar refractivity (Wildman–Crippen MR) is 140 cm³/mol. The first kappa shape index (κ1) is 37.4. The number of carboxylic acid groups (broad SMARTS) is 2. The van der Waals surface area contributed by atoms with Crippen molar-refractivity contribution >= 4 is 17.9 Å². The van der Waals surface area contributed by atoms with Gasteiger partial charge in [-0.1, -0.05) is 103 Å². The van der Waals surface area contributed by atoms with E-state index in [4.69, 9.17) is 30.3 Å². The quantitative estimate of drug-likeness (QED) is 0.0783. The van der Waals surface area contributed by atoms with Crippen LogP contribution >= 0.6 is 0 Å². The van der Waals surface area contributed by atoms with Crippen molar-refractivity contribution in [2.45, 2.75) is 134 Å². The molecule has 0 aromatic carbocycles. The zero-order chi connectivity index (χ0) is 28.4. The van der Waals surface area contributed by atoms with Gasteiger partial charge >= 0.3 is 17.9 Å². The number of carboxylic acids is 2. The van der Waals surface area contributed by atoms with Crippen molar-refractivity contribution in [1.29, 1.82) is 0 Å². The lowest BCUT2D eigenvalue weighted by Gasteiger charge is -2.20. The van der Waals surface area contributed by atoms with Gasteiger partial charge < -0.3 is 35.4 Å². The minimum atomic E-state index is -2.63. The van der Waals surface area contributed by atoms with Gasteiger partial charge in [0.1, 0.15) is 6.10 Å². The Bertz CT molecular complexity index is 565. The Balaban J connectivity index is 0. The van der Waals surface area contributed by atoms with E-state index in [1.54, 1.807) is 0 Å². The molecule has 0 heterocycles. The van der Waals surface area contributed by atoms with E-state index in [0.717, 1.165) is 19.3 Å². The Labute approximate surface area is 222 Å². The van der Waals surface area contributed by atoms with E-state index in [2.05, 4.69) is 6.92 Å². The molecule has 1 atom stereocenters. The fraction of sp³-hybridized carbons (Fsp3) is 0.889. The Morgan fingerprint density at radius 2 is 1.05 bits per heavy atom. The monoisotopic (exact) mass is 536 g/mol. The molecule has 0 rings (SSSR count). The molecule has 1 unspecified atom stereocenters. The molecule has 10 heteroatoms. The molecule has 220 valence electrons. The van der Waals surface area contributed by atoms with E-state index in [0.29, 0.717) is 6.42 Å². The van der Waals surface area contributed by atoms with Gasteiger partial charge in [0.05, 0.1) is 32.7 Å². The fourth-order valence-electron chi connectivity index (χ4n) is 3.65. The number of carbonyl (C=O) groups is 3. The molecular formula is C27H52O10. The van der Waals surface area contributed by atoms with E-state index in [-0.39, 0.29) is 19.8 Å².